The number of nitrogens with two attached hydrogens (primary N) is 2. The van der Waals surface area contributed by atoms with Crippen molar-refractivity contribution in [1.29, 1.82) is 0 Å². The number of aromatic amines is 1. The van der Waals surface area contributed by atoms with Crippen LogP contribution in [0, 0.1) is 6.92 Å². The first-order valence-corrected chi connectivity index (χ1v) is 15.1. The van der Waals surface area contributed by atoms with Gasteiger partial charge in [0.25, 0.3) is 5.82 Å². The zero-order chi connectivity index (χ0) is 28.1. The first kappa shape index (κ1) is 28.0. The van der Waals surface area contributed by atoms with E-state index in [-0.39, 0.29) is 0 Å². The van der Waals surface area contributed by atoms with Crippen LogP contribution in [-0.4, -0.2) is 66.1 Å². The summed E-state index contributed by atoms with van der Waals surface area (Å²) >= 11 is 1.61. The molecule has 0 unspecified atom stereocenters. The van der Waals surface area contributed by atoms with Crippen LogP contribution in [0.1, 0.15) is 30.9 Å². The molecule has 3 heterocycles. The lowest BCUT2D eigenvalue weighted by Crippen LogP contribution is -2.45. The number of H-pyrrole nitrogens is 1. The maximum atomic E-state index is 5.96. The van der Waals surface area contributed by atoms with E-state index in [1.165, 1.54) is 27.9 Å². The summed E-state index contributed by atoms with van der Waals surface area (Å²) in [6.45, 7) is 11.1. The lowest BCUT2D eigenvalue weighted by Gasteiger charge is -2.32. The van der Waals surface area contributed by atoms with Crippen molar-refractivity contribution in [3.05, 3.63) is 65.0 Å². The molecular weight excluding hydrogens is 516 g/mol. The second kappa shape index (κ2) is 12.8. The number of hydrogen-bond donors (Lipinski definition) is 2. The smallest absolute Gasteiger partial charge is 0.289 e. The Morgan fingerprint density at radius 2 is 1.73 bits per heavy atom. The highest BCUT2D eigenvalue weighted by atomic mass is 32.1. The Kier molecular flexibility index (Phi) is 8.94. The lowest BCUT2D eigenvalue weighted by atomic mass is 10.00. The molecule has 4 aromatic rings. The number of nitrogens with one attached hydrogen (secondary N) is 1. The van der Waals surface area contributed by atoms with Crippen LogP contribution in [0.5, 0.6) is 0 Å². The highest BCUT2D eigenvalue weighted by Crippen LogP contribution is 2.36. The average Bonchev–Trinajstić information content (AvgIpc) is 3.44. The first-order chi connectivity index (χ1) is 19.4. The number of aromatic nitrogens is 3. The van der Waals surface area contributed by atoms with Crippen LogP contribution < -0.4 is 21.4 Å². The van der Waals surface area contributed by atoms with E-state index in [4.69, 9.17) is 16.5 Å². The van der Waals surface area contributed by atoms with E-state index in [1.54, 1.807) is 17.4 Å². The van der Waals surface area contributed by atoms with E-state index in [0.717, 1.165) is 69.4 Å². The number of benzene rings is 2. The van der Waals surface area contributed by atoms with Crippen molar-refractivity contribution in [2.75, 3.05) is 62.7 Å². The fraction of sp³-hybridized carbons (Fsp3) is 0.387. The molecule has 0 aliphatic carbocycles. The Bertz CT molecular complexity index is 1390. The highest BCUT2D eigenvalue weighted by molar-refractivity contribution is 7.14. The van der Waals surface area contributed by atoms with E-state index >= 15 is 0 Å². The fourth-order valence-electron chi connectivity index (χ4n) is 5.08. The third-order valence-corrected chi connectivity index (χ3v) is 8.47. The van der Waals surface area contributed by atoms with Gasteiger partial charge in [-0.1, -0.05) is 54.7 Å². The SMILES string of the molecule is CCCCN(c1nc(-c2nc(N)cc(N)[nH+]2)cs1)c1cc(-c2ccc(CCN3CCN(C)CC3)cc2)ccc1C. The van der Waals surface area contributed by atoms with Gasteiger partial charge in [-0.15, -0.1) is 11.3 Å². The minimum atomic E-state index is 0.373. The molecule has 5 N–H and O–H groups in total. The quantitative estimate of drug-likeness (QED) is 0.286. The molecule has 0 amide bonds. The molecule has 0 atom stereocenters. The summed E-state index contributed by atoms with van der Waals surface area (Å²) in [5.41, 5.74) is 18.9. The number of hydrogen-bond acceptors (Lipinski definition) is 8. The second-order valence-corrected chi connectivity index (χ2v) is 11.6. The van der Waals surface area contributed by atoms with Gasteiger partial charge in [-0.05, 0) is 55.1 Å². The summed E-state index contributed by atoms with van der Waals surface area (Å²) in [4.78, 5) is 19.7. The molecule has 1 aliphatic heterocycles. The number of unbranched alkanes of at least 4 members (excludes halogenated alkanes) is 1. The van der Waals surface area contributed by atoms with Crippen LogP contribution in [0.2, 0.25) is 0 Å². The zero-order valence-corrected chi connectivity index (χ0v) is 24.7. The van der Waals surface area contributed by atoms with Crippen LogP contribution in [0.15, 0.2) is 53.9 Å². The van der Waals surface area contributed by atoms with E-state index < -0.39 is 0 Å². The van der Waals surface area contributed by atoms with Crippen molar-refractivity contribution in [3.63, 3.8) is 0 Å². The standard InChI is InChI=1S/C31H40N8S/c1-4-5-13-39(31-34-26(21-40-31)30-35-28(32)20-29(33)36-30)27-19-25(9-6-22(27)2)24-10-7-23(8-11-24)12-14-38-17-15-37(3)16-18-38/h6-11,19-21H,4-5,12-18H2,1-3H3,(H4,32,33,35,36)/p+1. The molecule has 2 aromatic carbocycles. The third-order valence-electron chi connectivity index (χ3n) is 7.61. The van der Waals surface area contributed by atoms with Gasteiger partial charge >= 0.3 is 0 Å². The number of aryl methyl sites for hydroxylation is 1. The van der Waals surface area contributed by atoms with Gasteiger partial charge in [-0.2, -0.15) is 0 Å². The van der Waals surface area contributed by atoms with Gasteiger partial charge in [0.2, 0.25) is 11.6 Å². The number of nitrogen functional groups attached to an aromatic ring is 2. The summed E-state index contributed by atoms with van der Waals surface area (Å²) in [5.74, 6) is 1.42. The zero-order valence-electron chi connectivity index (χ0n) is 23.9. The number of likely N-dealkylation sites (N-methyl/N-ethyl adjacent to an activating group) is 1. The van der Waals surface area contributed by atoms with Gasteiger partial charge in [-0.25, -0.2) is 9.97 Å². The number of thiazole rings is 1. The van der Waals surface area contributed by atoms with Gasteiger partial charge in [0.05, 0.1) is 6.07 Å². The van der Waals surface area contributed by atoms with E-state index in [9.17, 15) is 0 Å². The molecule has 2 aromatic heterocycles. The Morgan fingerprint density at radius 1 is 0.975 bits per heavy atom. The molecule has 210 valence electrons. The van der Waals surface area contributed by atoms with Crippen molar-refractivity contribution in [2.24, 2.45) is 0 Å². The number of piperazine rings is 1. The van der Waals surface area contributed by atoms with Gasteiger partial charge < -0.3 is 26.2 Å². The van der Waals surface area contributed by atoms with Crippen molar-refractivity contribution < 1.29 is 4.98 Å². The van der Waals surface area contributed by atoms with Crippen LogP contribution in [0.25, 0.3) is 22.6 Å². The summed E-state index contributed by atoms with van der Waals surface area (Å²) in [7, 11) is 2.21. The minimum Gasteiger partial charge on any atom is -0.370 e. The van der Waals surface area contributed by atoms with Gasteiger partial charge in [-0.3, -0.25) is 0 Å². The normalized spacial score (nSPS) is 14.5. The predicted octanol–water partition coefficient (Wildman–Crippen LogP) is 4.89. The van der Waals surface area contributed by atoms with E-state index in [1.807, 2.05) is 5.38 Å². The van der Waals surface area contributed by atoms with Crippen LogP contribution >= 0.6 is 11.3 Å². The average molecular weight is 558 g/mol. The van der Waals surface area contributed by atoms with Crippen LogP contribution in [0.4, 0.5) is 22.5 Å². The van der Waals surface area contributed by atoms with Crippen molar-refractivity contribution >= 4 is 33.8 Å². The van der Waals surface area contributed by atoms with Crippen molar-refractivity contribution in [3.8, 4) is 22.6 Å². The maximum absolute atomic E-state index is 5.96. The summed E-state index contributed by atoms with van der Waals surface area (Å²) in [6, 6.07) is 17.4. The van der Waals surface area contributed by atoms with Crippen LogP contribution in [0.3, 0.4) is 0 Å². The molecule has 0 radical (unpaired) electrons. The predicted molar refractivity (Wildman–Crippen MR) is 167 cm³/mol. The number of nitrogens with zero attached hydrogens (tertiary/aromatic N) is 5. The molecule has 8 nitrogen and oxygen atoms in total. The molecule has 1 fully saturated rings. The highest BCUT2D eigenvalue weighted by Gasteiger charge is 2.20. The summed E-state index contributed by atoms with van der Waals surface area (Å²) in [6.07, 6.45) is 3.26. The molecule has 0 saturated carbocycles. The summed E-state index contributed by atoms with van der Waals surface area (Å²) in [5, 5.41) is 2.94. The Hall–Kier alpha value is -3.53. The lowest BCUT2D eigenvalue weighted by molar-refractivity contribution is -0.351. The maximum Gasteiger partial charge on any atom is 0.289 e. The van der Waals surface area contributed by atoms with Crippen LogP contribution in [-0.2, 0) is 6.42 Å². The Morgan fingerprint density at radius 3 is 2.45 bits per heavy atom. The molecule has 40 heavy (non-hydrogen) atoms. The monoisotopic (exact) mass is 557 g/mol. The second-order valence-electron chi connectivity index (χ2n) is 10.7. The molecular formula is C31H41N8S+. The minimum absolute atomic E-state index is 0.373. The van der Waals surface area contributed by atoms with E-state index in [2.05, 4.69) is 88.0 Å². The van der Waals surface area contributed by atoms with Gasteiger partial charge in [0.1, 0.15) is 0 Å². The molecule has 1 saturated heterocycles. The topological polar surface area (TPSA) is 102 Å². The largest absolute Gasteiger partial charge is 0.370 e. The van der Waals surface area contributed by atoms with Gasteiger partial charge in [0.15, 0.2) is 10.8 Å². The molecule has 1 aliphatic rings. The molecule has 5 rings (SSSR count). The van der Waals surface area contributed by atoms with Crippen molar-refractivity contribution in [1.82, 2.24) is 19.8 Å². The number of anilines is 4. The van der Waals surface area contributed by atoms with E-state index in [0.29, 0.717) is 17.5 Å². The Balaban J connectivity index is 1.36. The fourth-order valence-corrected chi connectivity index (χ4v) is 5.93. The number of rotatable bonds is 10. The molecule has 9 heteroatoms. The summed E-state index contributed by atoms with van der Waals surface area (Å²) < 4.78 is 0. The Labute approximate surface area is 241 Å². The first-order valence-electron chi connectivity index (χ1n) is 14.2. The van der Waals surface area contributed by atoms with Crippen molar-refractivity contribution in [2.45, 2.75) is 33.1 Å². The molecule has 0 spiro atoms. The molecule has 0 bridgehead atoms. The third kappa shape index (κ3) is 6.78. The van der Waals surface area contributed by atoms with Gasteiger partial charge in [0, 0.05) is 50.3 Å².